The highest BCUT2D eigenvalue weighted by Gasteiger charge is 2.50. The second kappa shape index (κ2) is 9.08. The maximum atomic E-state index is 14.7. The van der Waals surface area contributed by atoms with E-state index < -0.39 is 26.2 Å². The standard InChI is InChI=1S/C21H23ClF2O4S/c22-15-2-5-18(6-3-15)29(26,27)21(19-14-16(23)4-7-20(19)24)10-8-17(9-11-21)28-13-1-12-25/h2-7,14,17,25H,1,8-13H2. The van der Waals surface area contributed by atoms with Crippen LogP contribution in [0.15, 0.2) is 47.4 Å². The number of rotatable bonds is 7. The molecule has 0 aliphatic heterocycles. The summed E-state index contributed by atoms with van der Waals surface area (Å²) in [5.74, 6) is -1.43. The van der Waals surface area contributed by atoms with Gasteiger partial charge in [0.15, 0.2) is 9.84 Å². The maximum Gasteiger partial charge on any atom is 0.188 e. The Morgan fingerprint density at radius 2 is 1.76 bits per heavy atom. The minimum Gasteiger partial charge on any atom is -0.396 e. The van der Waals surface area contributed by atoms with Gasteiger partial charge in [-0.2, -0.15) is 0 Å². The number of benzene rings is 2. The summed E-state index contributed by atoms with van der Waals surface area (Å²) < 4.78 is 60.1. The van der Waals surface area contributed by atoms with Crippen LogP contribution in [-0.4, -0.2) is 32.8 Å². The number of aliphatic hydroxyl groups is 1. The van der Waals surface area contributed by atoms with E-state index in [9.17, 15) is 17.2 Å². The van der Waals surface area contributed by atoms with Crippen molar-refractivity contribution in [3.05, 3.63) is 64.7 Å². The van der Waals surface area contributed by atoms with E-state index in [2.05, 4.69) is 0 Å². The molecule has 1 N–H and O–H groups in total. The van der Waals surface area contributed by atoms with Gasteiger partial charge in [0.1, 0.15) is 16.4 Å². The molecule has 0 amide bonds. The minimum absolute atomic E-state index is 0.0100. The van der Waals surface area contributed by atoms with Crippen LogP contribution in [0.5, 0.6) is 0 Å². The van der Waals surface area contributed by atoms with Crippen molar-refractivity contribution in [1.82, 2.24) is 0 Å². The van der Waals surface area contributed by atoms with E-state index in [-0.39, 0.29) is 36.0 Å². The summed E-state index contributed by atoms with van der Waals surface area (Å²) >= 11 is 5.89. The van der Waals surface area contributed by atoms with Crippen LogP contribution >= 0.6 is 11.6 Å². The molecule has 4 nitrogen and oxygen atoms in total. The average molecular weight is 445 g/mol. The topological polar surface area (TPSA) is 63.6 Å². The molecule has 0 spiro atoms. The molecule has 1 fully saturated rings. The lowest BCUT2D eigenvalue weighted by molar-refractivity contribution is 0.0142. The molecule has 2 aromatic rings. The highest BCUT2D eigenvalue weighted by atomic mass is 35.5. The molecule has 1 aliphatic carbocycles. The van der Waals surface area contributed by atoms with Gasteiger partial charge in [-0.1, -0.05) is 11.6 Å². The summed E-state index contributed by atoms with van der Waals surface area (Å²) in [4.78, 5) is 0.0187. The summed E-state index contributed by atoms with van der Waals surface area (Å²) in [6.07, 6.45) is 1.27. The minimum atomic E-state index is -4.04. The van der Waals surface area contributed by atoms with Gasteiger partial charge in [0.05, 0.1) is 11.0 Å². The molecular formula is C21H23ClF2O4S. The van der Waals surface area contributed by atoms with Crippen LogP contribution in [0.4, 0.5) is 8.78 Å². The molecule has 0 radical (unpaired) electrons. The molecule has 0 heterocycles. The number of hydrogen-bond acceptors (Lipinski definition) is 4. The molecule has 0 saturated heterocycles. The van der Waals surface area contributed by atoms with Gasteiger partial charge in [0.25, 0.3) is 0 Å². The number of ether oxygens (including phenoxy) is 1. The molecule has 158 valence electrons. The van der Waals surface area contributed by atoms with E-state index in [1.54, 1.807) is 0 Å². The molecule has 2 aromatic carbocycles. The van der Waals surface area contributed by atoms with Gasteiger partial charge in [-0.25, -0.2) is 17.2 Å². The quantitative estimate of drug-likeness (QED) is 0.632. The molecule has 0 atom stereocenters. The van der Waals surface area contributed by atoms with Crippen LogP contribution in [0.1, 0.15) is 37.7 Å². The zero-order valence-electron chi connectivity index (χ0n) is 15.8. The Hall–Kier alpha value is -1.54. The van der Waals surface area contributed by atoms with E-state index in [0.29, 0.717) is 30.9 Å². The molecule has 8 heteroatoms. The zero-order valence-corrected chi connectivity index (χ0v) is 17.4. The molecule has 0 unspecified atom stereocenters. The first-order valence-corrected chi connectivity index (χ1v) is 11.3. The van der Waals surface area contributed by atoms with E-state index in [1.807, 2.05) is 0 Å². The van der Waals surface area contributed by atoms with Gasteiger partial charge in [-0.05, 0) is 74.6 Å². The normalized spacial score (nSPS) is 22.6. The lowest BCUT2D eigenvalue weighted by atomic mass is 9.81. The second-order valence-electron chi connectivity index (χ2n) is 7.22. The van der Waals surface area contributed by atoms with Crippen LogP contribution in [0, 0.1) is 11.6 Å². The van der Waals surface area contributed by atoms with Crippen molar-refractivity contribution in [3.63, 3.8) is 0 Å². The third-order valence-electron chi connectivity index (χ3n) is 5.45. The Labute approximate surface area is 174 Å². The highest BCUT2D eigenvalue weighted by Crippen LogP contribution is 2.48. The van der Waals surface area contributed by atoms with Gasteiger partial charge >= 0.3 is 0 Å². The average Bonchev–Trinajstić information content (AvgIpc) is 2.71. The van der Waals surface area contributed by atoms with Crippen molar-refractivity contribution in [1.29, 1.82) is 0 Å². The highest BCUT2D eigenvalue weighted by molar-refractivity contribution is 7.92. The molecular weight excluding hydrogens is 422 g/mol. The molecule has 0 aromatic heterocycles. The van der Waals surface area contributed by atoms with Crippen LogP contribution in [0.2, 0.25) is 5.02 Å². The van der Waals surface area contributed by atoms with E-state index >= 15 is 0 Å². The van der Waals surface area contributed by atoms with Gasteiger partial charge < -0.3 is 9.84 Å². The molecule has 29 heavy (non-hydrogen) atoms. The summed E-state index contributed by atoms with van der Waals surface area (Å²) in [5.41, 5.74) is -0.152. The van der Waals surface area contributed by atoms with Gasteiger partial charge in [0.2, 0.25) is 0 Å². The predicted octanol–water partition coefficient (Wildman–Crippen LogP) is 4.63. The fourth-order valence-electron chi connectivity index (χ4n) is 3.91. The first kappa shape index (κ1) is 22.2. The lowest BCUT2D eigenvalue weighted by Crippen LogP contribution is -2.42. The first-order chi connectivity index (χ1) is 13.8. The number of hydrogen-bond donors (Lipinski definition) is 1. The van der Waals surface area contributed by atoms with Crippen LogP contribution < -0.4 is 0 Å². The molecule has 1 saturated carbocycles. The zero-order chi connectivity index (χ0) is 21.1. The van der Waals surface area contributed by atoms with Crippen molar-refractivity contribution in [3.8, 4) is 0 Å². The molecule has 0 bridgehead atoms. The van der Waals surface area contributed by atoms with E-state index in [4.69, 9.17) is 21.4 Å². The summed E-state index contributed by atoms with van der Waals surface area (Å²) in [6, 6.07) is 8.64. The Balaban J connectivity index is 2.02. The monoisotopic (exact) mass is 444 g/mol. The Bertz CT molecular complexity index is 940. The molecule has 1 aliphatic rings. The SMILES string of the molecule is O=S(=O)(c1ccc(Cl)cc1)C1(c2cc(F)ccc2F)CCC(OCCCO)CC1. The molecule has 3 rings (SSSR count). The van der Waals surface area contributed by atoms with Crippen molar-refractivity contribution >= 4 is 21.4 Å². The number of sulfone groups is 1. The predicted molar refractivity (Wildman–Crippen MR) is 107 cm³/mol. The summed E-state index contributed by atoms with van der Waals surface area (Å²) in [6.45, 7) is 0.378. The van der Waals surface area contributed by atoms with E-state index in [1.165, 1.54) is 24.3 Å². The summed E-state index contributed by atoms with van der Waals surface area (Å²) in [7, 11) is -4.04. The van der Waals surface area contributed by atoms with Gasteiger partial charge in [-0.15, -0.1) is 0 Å². The Kier molecular flexibility index (Phi) is 6.94. The van der Waals surface area contributed by atoms with Gasteiger partial charge in [-0.3, -0.25) is 0 Å². The van der Waals surface area contributed by atoms with Crippen LogP contribution in [0.25, 0.3) is 0 Å². The Morgan fingerprint density at radius 1 is 1.10 bits per heavy atom. The first-order valence-electron chi connectivity index (χ1n) is 9.48. The van der Waals surface area contributed by atoms with Gasteiger partial charge in [0, 0.05) is 23.8 Å². The van der Waals surface area contributed by atoms with E-state index in [0.717, 1.165) is 18.2 Å². The number of halogens is 3. The Morgan fingerprint density at radius 3 is 2.38 bits per heavy atom. The largest absolute Gasteiger partial charge is 0.396 e. The number of aliphatic hydroxyl groups excluding tert-OH is 1. The van der Waals surface area contributed by atoms with Crippen molar-refractivity contribution in [2.24, 2.45) is 0 Å². The van der Waals surface area contributed by atoms with Crippen LogP contribution in [0.3, 0.4) is 0 Å². The van der Waals surface area contributed by atoms with Crippen molar-refractivity contribution < 1.29 is 27.0 Å². The fourth-order valence-corrected chi connectivity index (χ4v) is 6.20. The smallest absolute Gasteiger partial charge is 0.188 e. The van der Waals surface area contributed by atoms with Crippen LogP contribution in [-0.2, 0) is 19.3 Å². The second-order valence-corrected chi connectivity index (χ2v) is 9.92. The van der Waals surface area contributed by atoms with Crippen molar-refractivity contribution in [2.45, 2.75) is 47.9 Å². The third kappa shape index (κ3) is 4.48. The third-order valence-corrected chi connectivity index (χ3v) is 8.26. The summed E-state index contributed by atoms with van der Waals surface area (Å²) in [5, 5.41) is 9.28. The lowest BCUT2D eigenvalue weighted by Gasteiger charge is -2.40. The van der Waals surface area contributed by atoms with Crippen molar-refractivity contribution in [2.75, 3.05) is 13.2 Å². The maximum absolute atomic E-state index is 14.7. The fraction of sp³-hybridized carbons (Fsp3) is 0.429.